The number of aliphatic hydroxyl groups is 1. The van der Waals surface area contributed by atoms with Crippen molar-refractivity contribution < 1.29 is 23.4 Å². The molecular weight excluding hydrogens is 534 g/mol. The quantitative estimate of drug-likeness (QED) is 0.155. The Balaban J connectivity index is 1.54. The molecule has 1 amide bonds. The van der Waals surface area contributed by atoms with E-state index in [4.69, 9.17) is 0 Å². The van der Waals surface area contributed by atoms with Gasteiger partial charge in [0, 0.05) is 23.5 Å². The average molecular weight is 572 g/mol. The van der Waals surface area contributed by atoms with E-state index < -0.39 is 16.1 Å². The summed E-state index contributed by atoms with van der Waals surface area (Å²) in [5.74, 6) is -0.261. The van der Waals surface area contributed by atoms with Crippen molar-refractivity contribution in [2.45, 2.75) is 49.8 Å². The van der Waals surface area contributed by atoms with Crippen LogP contribution < -0.4 is 15.4 Å². The highest BCUT2D eigenvalue weighted by Gasteiger charge is 2.21. The number of aromatic hydroxyl groups is 1. The Morgan fingerprint density at radius 2 is 1.69 bits per heavy atom. The molecule has 8 nitrogen and oxygen atoms in total. The fourth-order valence-electron chi connectivity index (χ4n) is 4.15. The van der Waals surface area contributed by atoms with Gasteiger partial charge in [0.2, 0.25) is 15.9 Å². The van der Waals surface area contributed by atoms with Gasteiger partial charge in [0.15, 0.2) is 0 Å². The molecule has 3 aromatic carbocycles. The summed E-state index contributed by atoms with van der Waals surface area (Å²) in [6, 6.07) is 20.4. The van der Waals surface area contributed by atoms with Gasteiger partial charge in [-0.2, -0.15) is 0 Å². The van der Waals surface area contributed by atoms with Crippen molar-refractivity contribution >= 4 is 33.4 Å². The Morgan fingerprint density at radius 1 is 1.00 bits per heavy atom. The van der Waals surface area contributed by atoms with Crippen LogP contribution in [0.2, 0.25) is 0 Å². The lowest BCUT2D eigenvalue weighted by molar-refractivity contribution is -0.120. The van der Waals surface area contributed by atoms with Crippen LogP contribution in [0.25, 0.3) is 0 Å². The number of amides is 1. The zero-order chi connectivity index (χ0) is 28.6. The third-order valence-electron chi connectivity index (χ3n) is 6.13. The molecule has 0 aliphatic rings. The number of anilines is 1. The van der Waals surface area contributed by atoms with Gasteiger partial charge < -0.3 is 20.8 Å². The largest absolute Gasteiger partial charge is 0.506 e. The normalized spacial score (nSPS) is 12.6. The van der Waals surface area contributed by atoms with E-state index in [2.05, 4.69) is 15.4 Å². The highest BCUT2D eigenvalue weighted by Crippen LogP contribution is 2.28. The second-order valence-corrected chi connectivity index (χ2v) is 12.9. The number of carbonyl (C=O) groups is 1. The summed E-state index contributed by atoms with van der Waals surface area (Å²) in [5, 5.41) is 27.0. The number of benzene rings is 3. The first-order chi connectivity index (χ1) is 18.3. The minimum Gasteiger partial charge on any atom is -0.506 e. The maximum Gasteiger partial charge on any atom is 0.229 e. The average Bonchev–Trinajstić information content (AvgIpc) is 2.87. The molecule has 0 bridgehead atoms. The van der Waals surface area contributed by atoms with Gasteiger partial charge >= 0.3 is 0 Å². The summed E-state index contributed by atoms with van der Waals surface area (Å²) >= 11 is 1.68. The maximum atomic E-state index is 12.5. The van der Waals surface area contributed by atoms with E-state index in [1.807, 2.05) is 68.6 Å². The molecule has 5 N–H and O–H groups in total. The number of sulfonamides is 1. The predicted octanol–water partition coefficient (Wildman–Crippen LogP) is 3.99. The van der Waals surface area contributed by atoms with Gasteiger partial charge in [-0.1, -0.05) is 42.5 Å². The number of phenolic OH excluding ortho intramolecular Hbond substituents is 1. The molecule has 0 unspecified atom stereocenters. The number of carbonyl (C=O) groups excluding carboxylic acids is 1. The van der Waals surface area contributed by atoms with Crippen LogP contribution in [0.15, 0.2) is 71.6 Å². The third kappa shape index (κ3) is 10.2. The summed E-state index contributed by atoms with van der Waals surface area (Å²) in [4.78, 5) is 13.7. The molecule has 0 saturated heterocycles. The van der Waals surface area contributed by atoms with Crippen LogP contribution >= 0.6 is 11.8 Å². The lowest BCUT2D eigenvalue weighted by Gasteiger charge is -2.28. The van der Waals surface area contributed by atoms with E-state index >= 15 is 0 Å². The number of nitrogens with one attached hydrogen (secondary N) is 3. The Kier molecular flexibility index (Phi) is 10.4. The van der Waals surface area contributed by atoms with Gasteiger partial charge in [0.1, 0.15) is 5.75 Å². The van der Waals surface area contributed by atoms with Crippen molar-refractivity contribution in [3.8, 4) is 5.75 Å². The second-order valence-electron chi connectivity index (χ2n) is 10.2. The van der Waals surface area contributed by atoms with Crippen LogP contribution in [0.1, 0.15) is 42.2 Å². The van der Waals surface area contributed by atoms with Gasteiger partial charge in [-0.15, -0.1) is 11.8 Å². The molecule has 3 aromatic rings. The van der Waals surface area contributed by atoms with Crippen molar-refractivity contribution in [1.29, 1.82) is 0 Å². The maximum absolute atomic E-state index is 12.5. The number of thioether (sulfide) groups is 1. The van der Waals surface area contributed by atoms with Crippen LogP contribution in [-0.2, 0) is 34.2 Å². The first kappa shape index (κ1) is 30.5. The lowest BCUT2D eigenvalue weighted by atomic mass is 9.93. The summed E-state index contributed by atoms with van der Waals surface area (Å²) in [6.45, 7) is 4.75. The van der Waals surface area contributed by atoms with E-state index in [-0.39, 0.29) is 35.8 Å². The summed E-state index contributed by atoms with van der Waals surface area (Å²) in [6.07, 6.45) is 3.05. The summed E-state index contributed by atoms with van der Waals surface area (Å²) in [5.41, 5.74) is 3.14. The van der Waals surface area contributed by atoms with Crippen LogP contribution in [0, 0.1) is 0 Å². The van der Waals surface area contributed by atoms with Gasteiger partial charge in [-0.3, -0.25) is 9.52 Å². The van der Waals surface area contributed by atoms with Crippen LogP contribution in [0.4, 0.5) is 5.69 Å². The van der Waals surface area contributed by atoms with E-state index in [1.54, 1.807) is 17.8 Å². The van der Waals surface area contributed by atoms with Crippen molar-refractivity contribution in [2.24, 2.45) is 0 Å². The third-order valence-corrected chi connectivity index (χ3v) is 7.46. The molecule has 0 saturated carbocycles. The molecule has 0 radical (unpaired) electrons. The number of β-amino-alcohol motifs (C(OH)–C–C–N with tert-alkyl or cyclic N) is 1. The Labute approximate surface area is 235 Å². The number of aliphatic hydroxyl groups excluding tert-OH is 1. The second kappa shape index (κ2) is 13.3. The Bertz CT molecular complexity index is 1380. The molecule has 0 aliphatic carbocycles. The fraction of sp³-hybridized carbons (Fsp3) is 0.345. The number of hydrogen-bond donors (Lipinski definition) is 5. The first-order valence-electron chi connectivity index (χ1n) is 12.5. The van der Waals surface area contributed by atoms with Crippen molar-refractivity contribution in [1.82, 2.24) is 10.6 Å². The highest BCUT2D eigenvalue weighted by molar-refractivity contribution is 7.98. The zero-order valence-electron chi connectivity index (χ0n) is 22.7. The Hall–Kier alpha value is -3.05. The molecule has 39 heavy (non-hydrogen) atoms. The molecule has 0 spiro atoms. The molecule has 0 fully saturated rings. The van der Waals surface area contributed by atoms with Crippen LogP contribution in [0.3, 0.4) is 0 Å². The van der Waals surface area contributed by atoms with E-state index in [1.165, 1.54) is 17.0 Å². The monoisotopic (exact) mass is 571 g/mol. The van der Waals surface area contributed by atoms with Crippen LogP contribution in [-0.4, -0.2) is 49.1 Å². The SMILES string of the molecule is CSc1ccc(CNC(=O)Cc2cccc(CC(C)(C)NC[C@@H](O)c3ccc(O)c(NS(C)(=O)=O)c3)c2)cc1. The van der Waals surface area contributed by atoms with Gasteiger partial charge in [0.25, 0.3) is 0 Å². The van der Waals surface area contributed by atoms with E-state index in [0.717, 1.165) is 22.9 Å². The lowest BCUT2D eigenvalue weighted by Crippen LogP contribution is -2.43. The standard InChI is InChI=1S/C29H37N3O5S2/c1-29(2,31-19-27(34)23-10-13-26(33)25(16-23)32-39(4,36)37)17-22-7-5-6-21(14-22)15-28(35)30-18-20-8-11-24(38-3)12-9-20/h5-14,16,27,31-34H,15,17-19H2,1-4H3,(H,30,35)/t27-/m1/s1. The molecule has 0 aliphatic heterocycles. The smallest absolute Gasteiger partial charge is 0.229 e. The van der Waals surface area contributed by atoms with Gasteiger partial charge in [-0.05, 0) is 73.0 Å². The Morgan fingerprint density at radius 3 is 2.36 bits per heavy atom. The van der Waals surface area contributed by atoms with Gasteiger partial charge in [-0.25, -0.2) is 8.42 Å². The molecule has 1 atom stereocenters. The molecule has 210 valence electrons. The summed E-state index contributed by atoms with van der Waals surface area (Å²) in [7, 11) is -3.58. The fourth-order valence-corrected chi connectivity index (χ4v) is 5.12. The van der Waals surface area contributed by atoms with Crippen molar-refractivity contribution in [2.75, 3.05) is 23.8 Å². The number of phenols is 1. The van der Waals surface area contributed by atoms with E-state index in [0.29, 0.717) is 18.5 Å². The predicted molar refractivity (Wildman–Crippen MR) is 158 cm³/mol. The molecule has 3 rings (SSSR count). The zero-order valence-corrected chi connectivity index (χ0v) is 24.3. The number of hydrogen-bond acceptors (Lipinski definition) is 7. The topological polar surface area (TPSA) is 128 Å². The van der Waals surface area contributed by atoms with E-state index in [9.17, 15) is 23.4 Å². The van der Waals surface area contributed by atoms with Crippen LogP contribution in [0.5, 0.6) is 5.75 Å². The minimum atomic E-state index is -3.58. The summed E-state index contributed by atoms with van der Waals surface area (Å²) < 4.78 is 25.3. The molecular formula is C29H37N3O5S2. The molecule has 0 aromatic heterocycles. The van der Waals surface area contributed by atoms with Gasteiger partial charge in [0.05, 0.1) is 24.5 Å². The van der Waals surface area contributed by atoms with Crippen molar-refractivity contribution in [3.05, 3.63) is 89.0 Å². The molecule has 10 heteroatoms. The number of rotatable bonds is 13. The highest BCUT2D eigenvalue weighted by atomic mass is 32.2. The minimum absolute atomic E-state index is 0.0164. The first-order valence-corrected chi connectivity index (χ1v) is 15.7. The molecule has 0 heterocycles. The van der Waals surface area contributed by atoms with Crippen molar-refractivity contribution in [3.63, 3.8) is 0 Å².